The number of rotatable bonds is 8. The number of amides is 1. The molecule has 1 aromatic heterocycles. The van der Waals surface area contributed by atoms with Gasteiger partial charge in [0.15, 0.2) is 0 Å². The number of nitrogens with one attached hydrogen (secondary N) is 1. The largest absolute Gasteiger partial charge is 0.497 e. The summed E-state index contributed by atoms with van der Waals surface area (Å²) in [5, 5.41) is 7.40. The van der Waals surface area contributed by atoms with Crippen LogP contribution >= 0.6 is 0 Å². The summed E-state index contributed by atoms with van der Waals surface area (Å²) in [6.07, 6.45) is 2.36. The van der Waals surface area contributed by atoms with Crippen LogP contribution in [0.15, 0.2) is 54.7 Å². The van der Waals surface area contributed by atoms with E-state index in [0.717, 1.165) is 23.2 Å². The lowest BCUT2D eigenvalue weighted by Crippen LogP contribution is -2.24. The molecule has 0 bridgehead atoms. The van der Waals surface area contributed by atoms with Crippen molar-refractivity contribution in [2.75, 3.05) is 14.2 Å². The third-order valence-electron chi connectivity index (χ3n) is 4.64. The van der Waals surface area contributed by atoms with Crippen molar-refractivity contribution in [3.8, 4) is 11.5 Å². The summed E-state index contributed by atoms with van der Waals surface area (Å²) in [5.41, 5.74) is 3.55. The van der Waals surface area contributed by atoms with E-state index in [1.807, 2.05) is 41.9 Å². The molecule has 3 aromatic rings. The summed E-state index contributed by atoms with van der Waals surface area (Å²) in [6, 6.07) is 15.6. The zero-order valence-corrected chi connectivity index (χ0v) is 16.4. The molecule has 0 fully saturated rings. The van der Waals surface area contributed by atoms with Gasteiger partial charge in [0.05, 0.1) is 38.2 Å². The van der Waals surface area contributed by atoms with Gasteiger partial charge < -0.3 is 14.8 Å². The van der Waals surface area contributed by atoms with Crippen molar-refractivity contribution in [1.29, 1.82) is 0 Å². The molecule has 0 saturated carbocycles. The molecular weight excluding hydrogens is 354 g/mol. The van der Waals surface area contributed by atoms with Crippen LogP contribution in [0, 0.1) is 0 Å². The molecule has 0 aliphatic heterocycles. The van der Waals surface area contributed by atoms with Crippen LogP contribution in [0.25, 0.3) is 0 Å². The molecule has 1 N–H and O–H groups in total. The van der Waals surface area contributed by atoms with Gasteiger partial charge in [-0.25, -0.2) is 0 Å². The first kappa shape index (κ1) is 19.5. The van der Waals surface area contributed by atoms with E-state index < -0.39 is 0 Å². The van der Waals surface area contributed by atoms with Crippen molar-refractivity contribution in [1.82, 2.24) is 15.1 Å². The maximum absolute atomic E-state index is 12.8. The van der Waals surface area contributed by atoms with E-state index in [2.05, 4.69) is 22.5 Å². The molecule has 0 aliphatic carbocycles. The lowest BCUT2D eigenvalue weighted by molar-refractivity contribution is 0.0949. The van der Waals surface area contributed by atoms with Gasteiger partial charge >= 0.3 is 0 Å². The highest BCUT2D eigenvalue weighted by molar-refractivity contribution is 5.95. The van der Waals surface area contributed by atoms with Crippen molar-refractivity contribution in [3.05, 3.63) is 77.1 Å². The second-order valence-electron chi connectivity index (χ2n) is 6.36. The van der Waals surface area contributed by atoms with E-state index in [-0.39, 0.29) is 5.91 Å². The Bertz CT molecular complexity index is 935. The normalized spacial score (nSPS) is 10.5. The topological polar surface area (TPSA) is 65.4 Å². The zero-order chi connectivity index (χ0) is 19.9. The molecule has 0 aliphatic rings. The first-order valence-electron chi connectivity index (χ1n) is 9.24. The molecule has 0 atom stereocenters. The Morgan fingerprint density at radius 1 is 1.11 bits per heavy atom. The average Bonchev–Trinajstić information content (AvgIpc) is 3.15. The SMILES string of the molecule is CCc1c(C(=O)NCc2ccc(OC)cc2OC)cnn1Cc1ccccc1. The Kier molecular flexibility index (Phi) is 6.32. The maximum atomic E-state index is 12.8. The Labute approximate surface area is 165 Å². The van der Waals surface area contributed by atoms with Gasteiger partial charge in [-0.05, 0) is 24.1 Å². The second-order valence-corrected chi connectivity index (χ2v) is 6.36. The van der Waals surface area contributed by atoms with Crippen molar-refractivity contribution < 1.29 is 14.3 Å². The third kappa shape index (κ3) is 4.34. The molecule has 0 unspecified atom stereocenters. The Hall–Kier alpha value is -3.28. The highest BCUT2D eigenvalue weighted by Crippen LogP contribution is 2.24. The standard InChI is InChI=1S/C22H25N3O3/c1-4-20-19(14-24-25(20)15-16-8-6-5-7-9-16)22(26)23-13-17-10-11-18(27-2)12-21(17)28-3/h5-12,14H,4,13,15H2,1-3H3,(H,23,26). The van der Waals surface area contributed by atoms with Crippen molar-refractivity contribution in [2.45, 2.75) is 26.4 Å². The highest BCUT2D eigenvalue weighted by Gasteiger charge is 2.17. The van der Waals surface area contributed by atoms with E-state index in [1.165, 1.54) is 0 Å². The van der Waals surface area contributed by atoms with Crippen LogP contribution in [0.3, 0.4) is 0 Å². The number of carbonyl (C=O) groups is 1. The van der Waals surface area contributed by atoms with E-state index in [9.17, 15) is 4.79 Å². The molecule has 1 heterocycles. The summed E-state index contributed by atoms with van der Waals surface area (Å²) in [7, 11) is 3.21. The number of carbonyl (C=O) groups excluding carboxylic acids is 1. The number of methoxy groups -OCH3 is 2. The minimum atomic E-state index is -0.144. The van der Waals surface area contributed by atoms with Crippen LogP contribution < -0.4 is 14.8 Å². The minimum Gasteiger partial charge on any atom is -0.497 e. The van der Waals surface area contributed by atoms with Crippen molar-refractivity contribution in [2.24, 2.45) is 0 Å². The Balaban J connectivity index is 1.73. The molecular formula is C22H25N3O3. The lowest BCUT2D eigenvalue weighted by Gasteiger charge is -2.12. The summed E-state index contributed by atoms with van der Waals surface area (Å²) < 4.78 is 12.5. The molecule has 6 heteroatoms. The zero-order valence-electron chi connectivity index (χ0n) is 16.4. The summed E-state index contributed by atoms with van der Waals surface area (Å²) >= 11 is 0. The first-order chi connectivity index (χ1) is 13.7. The summed E-state index contributed by atoms with van der Waals surface area (Å²) in [6.45, 7) is 3.03. The monoisotopic (exact) mass is 379 g/mol. The quantitative estimate of drug-likeness (QED) is 0.651. The third-order valence-corrected chi connectivity index (χ3v) is 4.64. The van der Waals surface area contributed by atoms with Gasteiger partial charge in [-0.2, -0.15) is 5.10 Å². The van der Waals surface area contributed by atoms with Crippen LogP contribution in [0.1, 0.15) is 34.1 Å². The maximum Gasteiger partial charge on any atom is 0.255 e. The number of hydrogen-bond donors (Lipinski definition) is 1. The van der Waals surface area contributed by atoms with Crippen LogP contribution in [0.4, 0.5) is 0 Å². The fourth-order valence-electron chi connectivity index (χ4n) is 3.13. The van der Waals surface area contributed by atoms with Gasteiger partial charge in [-0.15, -0.1) is 0 Å². The summed E-state index contributed by atoms with van der Waals surface area (Å²) in [4.78, 5) is 12.8. The van der Waals surface area contributed by atoms with Gasteiger partial charge in [-0.1, -0.05) is 37.3 Å². The number of hydrogen-bond acceptors (Lipinski definition) is 4. The van der Waals surface area contributed by atoms with E-state index in [0.29, 0.717) is 30.2 Å². The molecule has 6 nitrogen and oxygen atoms in total. The molecule has 146 valence electrons. The fourth-order valence-corrected chi connectivity index (χ4v) is 3.13. The van der Waals surface area contributed by atoms with Crippen molar-refractivity contribution in [3.63, 3.8) is 0 Å². The molecule has 3 rings (SSSR count). The minimum absolute atomic E-state index is 0.144. The summed E-state index contributed by atoms with van der Waals surface area (Å²) in [5.74, 6) is 1.24. The van der Waals surface area contributed by atoms with E-state index in [1.54, 1.807) is 26.5 Å². The highest BCUT2D eigenvalue weighted by atomic mass is 16.5. The number of benzene rings is 2. The molecule has 2 aromatic carbocycles. The van der Waals surface area contributed by atoms with Crippen LogP contribution in [0.5, 0.6) is 11.5 Å². The average molecular weight is 379 g/mol. The second kappa shape index (κ2) is 9.08. The van der Waals surface area contributed by atoms with Crippen molar-refractivity contribution >= 4 is 5.91 Å². The van der Waals surface area contributed by atoms with Gasteiger partial charge in [0.25, 0.3) is 5.91 Å². The smallest absolute Gasteiger partial charge is 0.255 e. The Morgan fingerprint density at radius 2 is 1.89 bits per heavy atom. The molecule has 28 heavy (non-hydrogen) atoms. The van der Waals surface area contributed by atoms with E-state index in [4.69, 9.17) is 9.47 Å². The number of ether oxygens (including phenoxy) is 2. The van der Waals surface area contributed by atoms with E-state index >= 15 is 0 Å². The predicted octanol–water partition coefficient (Wildman–Crippen LogP) is 3.44. The lowest BCUT2D eigenvalue weighted by atomic mass is 10.1. The number of nitrogens with zero attached hydrogens (tertiary/aromatic N) is 2. The van der Waals surface area contributed by atoms with Gasteiger partial charge in [-0.3, -0.25) is 9.48 Å². The van der Waals surface area contributed by atoms with Crippen LogP contribution in [-0.4, -0.2) is 29.9 Å². The fraction of sp³-hybridized carbons (Fsp3) is 0.273. The van der Waals surface area contributed by atoms with Gasteiger partial charge in [0, 0.05) is 18.2 Å². The predicted molar refractivity (Wildman–Crippen MR) is 108 cm³/mol. The first-order valence-corrected chi connectivity index (χ1v) is 9.24. The van der Waals surface area contributed by atoms with Gasteiger partial charge in [0.1, 0.15) is 11.5 Å². The van der Waals surface area contributed by atoms with Gasteiger partial charge in [0.2, 0.25) is 0 Å². The molecule has 0 radical (unpaired) electrons. The van der Waals surface area contributed by atoms with Crippen LogP contribution in [0.2, 0.25) is 0 Å². The molecule has 0 spiro atoms. The number of aromatic nitrogens is 2. The Morgan fingerprint density at radius 3 is 2.57 bits per heavy atom. The molecule has 0 saturated heterocycles. The van der Waals surface area contributed by atoms with Crippen LogP contribution in [-0.2, 0) is 19.5 Å². The molecule has 1 amide bonds.